The lowest BCUT2D eigenvalue weighted by Gasteiger charge is -2.09. The first-order valence-corrected chi connectivity index (χ1v) is 4.69. The molecule has 1 unspecified atom stereocenters. The topological polar surface area (TPSA) is 34.9 Å². The van der Waals surface area contributed by atoms with Crippen molar-refractivity contribution in [1.29, 1.82) is 0 Å². The van der Waals surface area contributed by atoms with Gasteiger partial charge < -0.3 is 0 Å². The van der Waals surface area contributed by atoms with E-state index in [-0.39, 0.29) is 6.04 Å². The molecule has 3 nitrogen and oxygen atoms in total. The molecule has 4 heteroatoms. The minimum Gasteiger partial charge on any atom is -0.298 e. The van der Waals surface area contributed by atoms with E-state index in [0.29, 0.717) is 16.4 Å². The molecule has 0 radical (unpaired) electrons. The normalized spacial score (nSPS) is 12.9. The summed E-state index contributed by atoms with van der Waals surface area (Å²) in [7, 11) is 0. The van der Waals surface area contributed by atoms with Crippen molar-refractivity contribution in [2.45, 2.75) is 33.2 Å². The highest BCUT2D eigenvalue weighted by molar-refractivity contribution is 6.32. The van der Waals surface area contributed by atoms with Crippen LogP contribution in [0.25, 0.3) is 0 Å². The number of aldehydes is 1. The van der Waals surface area contributed by atoms with Gasteiger partial charge in [-0.05, 0) is 20.3 Å². The Labute approximate surface area is 82.7 Å². The van der Waals surface area contributed by atoms with Gasteiger partial charge in [-0.1, -0.05) is 18.5 Å². The monoisotopic (exact) mass is 200 g/mol. The molecule has 0 bridgehead atoms. The molecule has 0 fully saturated rings. The number of aryl methyl sites for hydroxylation is 1. The number of halogens is 1. The minimum atomic E-state index is 0.236. The van der Waals surface area contributed by atoms with E-state index in [1.807, 2.05) is 6.92 Å². The third-order valence-corrected chi connectivity index (χ3v) is 2.57. The SMILES string of the molecule is CCC(C)n1nc(C)c(C=O)c1Cl. The Hall–Kier alpha value is -0.830. The molecule has 13 heavy (non-hydrogen) atoms. The van der Waals surface area contributed by atoms with Crippen molar-refractivity contribution in [2.24, 2.45) is 0 Å². The number of rotatable bonds is 3. The van der Waals surface area contributed by atoms with Crippen LogP contribution in [0.3, 0.4) is 0 Å². The fourth-order valence-corrected chi connectivity index (χ4v) is 1.52. The zero-order valence-corrected chi connectivity index (χ0v) is 8.80. The van der Waals surface area contributed by atoms with Crippen LogP contribution in [-0.2, 0) is 0 Å². The van der Waals surface area contributed by atoms with E-state index in [1.54, 1.807) is 11.6 Å². The highest BCUT2D eigenvalue weighted by Crippen LogP contribution is 2.22. The molecular weight excluding hydrogens is 188 g/mol. The van der Waals surface area contributed by atoms with Gasteiger partial charge in [-0.3, -0.25) is 9.48 Å². The van der Waals surface area contributed by atoms with E-state index >= 15 is 0 Å². The molecule has 1 aromatic rings. The molecule has 1 aromatic heterocycles. The van der Waals surface area contributed by atoms with Crippen LogP contribution in [-0.4, -0.2) is 16.1 Å². The van der Waals surface area contributed by atoms with Gasteiger partial charge in [-0.25, -0.2) is 0 Å². The first kappa shape index (κ1) is 10.3. The van der Waals surface area contributed by atoms with Gasteiger partial charge in [0.15, 0.2) is 6.29 Å². The maximum absolute atomic E-state index is 10.6. The van der Waals surface area contributed by atoms with Crippen molar-refractivity contribution in [2.75, 3.05) is 0 Å². The Morgan fingerprint density at radius 1 is 1.69 bits per heavy atom. The lowest BCUT2D eigenvalue weighted by Crippen LogP contribution is -2.05. The van der Waals surface area contributed by atoms with Crippen molar-refractivity contribution in [3.05, 3.63) is 16.4 Å². The van der Waals surface area contributed by atoms with Crippen molar-refractivity contribution >= 4 is 17.9 Å². The second-order valence-electron chi connectivity index (χ2n) is 3.11. The molecule has 1 heterocycles. The second kappa shape index (κ2) is 3.92. The second-order valence-corrected chi connectivity index (χ2v) is 3.47. The van der Waals surface area contributed by atoms with Gasteiger partial charge in [0.25, 0.3) is 0 Å². The summed E-state index contributed by atoms with van der Waals surface area (Å²) in [6.45, 7) is 5.86. The van der Waals surface area contributed by atoms with E-state index in [2.05, 4.69) is 12.0 Å². The first-order chi connectivity index (χ1) is 6.11. The van der Waals surface area contributed by atoms with Crippen LogP contribution >= 0.6 is 11.6 Å². The van der Waals surface area contributed by atoms with Crippen LogP contribution in [0.4, 0.5) is 0 Å². The molecule has 0 saturated heterocycles. The predicted molar refractivity (Wildman–Crippen MR) is 52.4 cm³/mol. The third kappa shape index (κ3) is 1.75. The standard InChI is InChI=1S/C9H13ClN2O/c1-4-6(2)12-9(10)8(5-13)7(3)11-12/h5-6H,4H2,1-3H3. The summed E-state index contributed by atoms with van der Waals surface area (Å²) in [5, 5.41) is 4.65. The molecule has 0 aliphatic heterocycles. The molecule has 0 aliphatic carbocycles. The number of hydrogen-bond donors (Lipinski definition) is 0. The third-order valence-electron chi connectivity index (χ3n) is 2.20. The summed E-state index contributed by atoms with van der Waals surface area (Å²) in [4.78, 5) is 10.6. The van der Waals surface area contributed by atoms with Crippen molar-refractivity contribution in [3.63, 3.8) is 0 Å². The molecule has 0 spiro atoms. The zero-order chi connectivity index (χ0) is 10.0. The van der Waals surface area contributed by atoms with E-state index in [0.717, 1.165) is 12.7 Å². The maximum atomic E-state index is 10.6. The lowest BCUT2D eigenvalue weighted by molar-refractivity contribution is 0.112. The smallest absolute Gasteiger partial charge is 0.155 e. The van der Waals surface area contributed by atoms with Gasteiger partial charge in [0, 0.05) is 0 Å². The molecule has 0 aromatic carbocycles. The van der Waals surface area contributed by atoms with E-state index in [9.17, 15) is 4.79 Å². The molecule has 0 N–H and O–H groups in total. The summed E-state index contributed by atoms with van der Waals surface area (Å²) in [6, 6.07) is 0.236. The molecule has 0 amide bonds. The number of carbonyl (C=O) groups is 1. The van der Waals surface area contributed by atoms with Crippen LogP contribution in [0.15, 0.2) is 0 Å². The number of nitrogens with zero attached hydrogens (tertiary/aromatic N) is 2. The Morgan fingerprint density at radius 3 is 2.69 bits per heavy atom. The zero-order valence-electron chi connectivity index (χ0n) is 8.04. The first-order valence-electron chi connectivity index (χ1n) is 4.31. The fourth-order valence-electron chi connectivity index (χ4n) is 1.13. The number of aromatic nitrogens is 2. The minimum absolute atomic E-state index is 0.236. The maximum Gasteiger partial charge on any atom is 0.155 e. The quantitative estimate of drug-likeness (QED) is 0.704. The summed E-state index contributed by atoms with van der Waals surface area (Å²) >= 11 is 5.97. The number of carbonyl (C=O) groups excluding carboxylic acids is 1. The van der Waals surface area contributed by atoms with Gasteiger partial charge >= 0.3 is 0 Å². The highest BCUT2D eigenvalue weighted by atomic mass is 35.5. The van der Waals surface area contributed by atoms with Gasteiger partial charge in [0.2, 0.25) is 0 Å². The van der Waals surface area contributed by atoms with Crippen LogP contribution in [0, 0.1) is 6.92 Å². The summed E-state index contributed by atoms with van der Waals surface area (Å²) in [5.41, 5.74) is 1.20. The van der Waals surface area contributed by atoms with E-state index in [1.165, 1.54) is 0 Å². The van der Waals surface area contributed by atoms with Gasteiger partial charge in [0.1, 0.15) is 5.15 Å². The average molecular weight is 201 g/mol. The largest absolute Gasteiger partial charge is 0.298 e. The van der Waals surface area contributed by atoms with Crippen LogP contribution in [0.1, 0.15) is 42.4 Å². The summed E-state index contributed by atoms with van der Waals surface area (Å²) < 4.78 is 1.70. The average Bonchev–Trinajstić information content (AvgIpc) is 2.40. The summed E-state index contributed by atoms with van der Waals surface area (Å²) in [5.74, 6) is 0. The predicted octanol–water partition coefficient (Wildman–Crippen LogP) is 2.63. The van der Waals surface area contributed by atoms with E-state index < -0.39 is 0 Å². The van der Waals surface area contributed by atoms with Crippen molar-refractivity contribution < 1.29 is 4.79 Å². The van der Waals surface area contributed by atoms with Crippen LogP contribution in [0.2, 0.25) is 5.15 Å². The fraction of sp³-hybridized carbons (Fsp3) is 0.556. The Balaban J connectivity index is 3.17. The van der Waals surface area contributed by atoms with Gasteiger partial charge in [-0.2, -0.15) is 5.10 Å². The highest BCUT2D eigenvalue weighted by Gasteiger charge is 2.15. The lowest BCUT2D eigenvalue weighted by atomic mass is 10.2. The molecule has 0 aliphatic rings. The molecule has 1 atom stereocenters. The van der Waals surface area contributed by atoms with E-state index in [4.69, 9.17) is 11.6 Å². The van der Waals surface area contributed by atoms with Crippen molar-refractivity contribution in [3.8, 4) is 0 Å². The van der Waals surface area contributed by atoms with Gasteiger partial charge in [0.05, 0.1) is 17.3 Å². The number of hydrogen-bond acceptors (Lipinski definition) is 2. The van der Waals surface area contributed by atoms with Crippen LogP contribution < -0.4 is 0 Å². The van der Waals surface area contributed by atoms with Gasteiger partial charge in [-0.15, -0.1) is 0 Å². The van der Waals surface area contributed by atoms with Crippen molar-refractivity contribution in [1.82, 2.24) is 9.78 Å². The van der Waals surface area contributed by atoms with Crippen LogP contribution in [0.5, 0.6) is 0 Å². The Bertz CT molecular complexity index is 320. The summed E-state index contributed by atoms with van der Waals surface area (Å²) in [6.07, 6.45) is 1.70. The Morgan fingerprint density at radius 2 is 2.31 bits per heavy atom. The molecule has 0 saturated carbocycles. The molecule has 72 valence electrons. The molecule has 1 rings (SSSR count). The Kier molecular flexibility index (Phi) is 3.09. The molecular formula is C9H13ClN2O.